The summed E-state index contributed by atoms with van der Waals surface area (Å²) in [6, 6.07) is 8.93. The number of nitrogens with one attached hydrogen (secondary N) is 1. The number of nitro benzene ring substituents is 2. The molecule has 1 unspecified atom stereocenters. The molecule has 32 heavy (non-hydrogen) atoms. The van der Waals surface area contributed by atoms with Crippen LogP contribution < -0.4 is 5.32 Å². The number of piperidine rings is 1. The fourth-order valence-corrected chi connectivity index (χ4v) is 4.98. The van der Waals surface area contributed by atoms with E-state index < -0.39 is 31.7 Å². The molecule has 1 heterocycles. The zero-order chi connectivity index (χ0) is 23.5. The lowest BCUT2D eigenvalue weighted by Gasteiger charge is -2.29. The second-order valence-corrected chi connectivity index (χ2v) is 9.71. The zero-order valence-corrected chi connectivity index (χ0v) is 18.2. The molecule has 1 saturated heterocycles. The average molecular weight is 465 g/mol. The molecule has 1 aliphatic rings. The van der Waals surface area contributed by atoms with Gasteiger partial charge in [0, 0.05) is 37.8 Å². The quantitative estimate of drug-likeness (QED) is 0.446. The van der Waals surface area contributed by atoms with E-state index in [0.717, 1.165) is 18.9 Å². The summed E-state index contributed by atoms with van der Waals surface area (Å²) in [4.78, 5) is 20.9. The minimum absolute atomic E-state index is 0.0576. The van der Waals surface area contributed by atoms with Gasteiger partial charge in [0.05, 0.1) is 20.8 Å². The van der Waals surface area contributed by atoms with Gasteiger partial charge in [0.2, 0.25) is 10.0 Å². The molecule has 0 bridgehead atoms. The molecule has 0 aliphatic carbocycles. The van der Waals surface area contributed by atoms with E-state index in [-0.39, 0.29) is 22.8 Å². The van der Waals surface area contributed by atoms with Gasteiger partial charge in [0.15, 0.2) is 0 Å². The molecule has 0 aromatic heterocycles. The van der Waals surface area contributed by atoms with Crippen molar-refractivity contribution in [1.29, 1.82) is 0 Å². The number of nitrogens with zero attached hydrogens (tertiary/aromatic N) is 3. The van der Waals surface area contributed by atoms with E-state index >= 15 is 0 Å². The first-order valence-electron chi connectivity index (χ1n) is 10.0. The van der Waals surface area contributed by atoms with Crippen LogP contribution in [0.4, 0.5) is 17.1 Å². The summed E-state index contributed by atoms with van der Waals surface area (Å²) < 4.78 is 27.1. The van der Waals surface area contributed by atoms with Crippen LogP contribution in [0, 0.1) is 26.1 Å². The zero-order valence-electron chi connectivity index (χ0n) is 17.4. The lowest BCUT2D eigenvalue weighted by molar-refractivity contribution is -0.384. The number of aliphatic hydroxyl groups excluding tert-OH is 1. The molecule has 11 nitrogen and oxygen atoms in total. The molecule has 12 heteroatoms. The third-order valence-electron chi connectivity index (χ3n) is 5.52. The van der Waals surface area contributed by atoms with Crippen molar-refractivity contribution in [1.82, 2.24) is 4.31 Å². The highest BCUT2D eigenvalue weighted by atomic mass is 32.2. The summed E-state index contributed by atoms with van der Waals surface area (Å²) in [5.74, 6) is 0.435. The van der Waals surface area contributed by atoms with E-state index in [9.17, 15) is 33.8 Å². The molecule has 1 atom stereocenters. The fourth-order valence-electron chi connectivity index (χ4n) is 3.49. The molecule has 172 valence electrons. The van der Waals surface area contributed by atoms with E-state index in [2.05, 4.69) is 12.2 Å². The van der Waals surface area contributed by atoms with Gasteiger partial charge in [-0.2, -0.15) is 4.31 Å². The van der Waals surface area contributed by atoms with Crippen molar-refractivity contribution in [3.63, 3.8) is 0 Å². The minimum atomic E-state index is -3.85. The number of hydrogen-bond donors (Lipinski definition) is 2. The number of aliphatic hydroxyl groups is 1. The Morgan fingerprint density at radius 3 is 2.28 bits per heavy atom. The Morgan fingerprint density at radius 2 is 1.72 bits per heavy atom. The van der Waals surface area contributed by atoms with E-state index in [0.29, 0.717) is 24.6 Å². The molecule has 3 rings (SSSR count). The third kappa shape index (κ3) is 5.21. The predicted molar refractivity (Wildman–Crippen MR) is 117 cm³/mol. The highest BCUT2D eigenvalue weighted by Crippen LogP contribution is 2.31. The topological polar surface area (TPSA) is 156 Å². The van der Waals surface area contributed by atoms with Crippen molar-refractivity contribution in [2.75, 3.05) is 25.0 Å². The van der Waals surface area contributed by atoms with E-state index in [1.54, 1.807) is 0 Å². The Labute approximate surface area is 185 Å². The summed E-state index contributed by atoms with van der Waals surface area (Å²) >= 11 is 0. The van der Waals surface area contributed by atoms with Crippen molar-refractivity contribution in [3.8, 4) is 0 Å². The maximum atomic E-state index is 12.9. The van der Waals surface area contributed by atoms with Gasteiger partial charge in [-0.25, -0.2) is 8.42 Å². The number of anilines is 1. The van der Waals surface area contributed by atoms with Crippen molar-refractivity contribution >= 4 is 27.1 Å². The Morgan fingerprint density at radius 1 is 1.09 bits per heavy atom. The largest absolute Gasteiger partial charge is 0.387 e. The van der Waals surface area contributed by atoms with Gasteiger partial charge in [0.1, 0.15) is 5.69 Å². The Kier molecular flexibility index (Phi) is 7.06. The van der Waals surface area contributed by atoms with Crippen LogP contribution in [0.1, 0.15) is 31.4 Å². The molecule has 1 aliphatic heterocycles. The first kappa shape index (κ1) is 23.6. The number of benzene rings is 2. The van der Waals surface area contributed by atoms with Gasteiger partial charge in [-0.1, -0.05) is 6.92 Å². The third-order valence-corrected chi connectivity index (χ3v) is 7.42. The number of non-ortho nitro benzene ring substituents is 1. The second kappa shape index (κ2) is 9.59. The molecule has 0 spiro atoms. The van der Waals surface area contributed by atoms with E-state index in [4.69, 9.17) is 0 Å². The first-order chi connectivity index (χ1) is 15.1. The SMILES string of the molecule is CC1CCN(S(=O)(=O)c2ccc(NCC(O)c3ccc([N+](=O)[O-])cc3)c([N+](=O)[O-])c2)CC1. The van der Waals surface area contributed by atoms with Gasteiger partial charge in [-0.3, -0.25) is 20.2 Å². The van der Waals surface area contributed by atoms with Crippen LogP contribution >= 0.6 is 0 Å². The summed E-state index contributed by atoms with van der Waals surface area (Å²) in [6.45, 7) is 2.69. The Hall–Kier alpha value is -3.09. The maximum absolute atomic E-state index is 12.9. The van der Waals surface area contributed by atoms with Crippen LogP contribution in [0.25, 0.3) is 0 Å². The van der Waals surface area contributed by atoms with Gasteiger partial charge >= 0.3 is 0 Å². The molecule has 2 N–H and O–H groups in total. The number of rotatable bonds is 8. The van der Waals surface area contributed by atoms with Crippen molar-refractivity contribution in [2.24, 2.45) is 5.92 Å². The van der Waals surface area contributed by atoms with Gasteiger partial charge in [-0.05, 0) is 48.6 Å². The Balaban J connectivity index is 1.76. The molecule has 2 aromatic rings. The standard InChI is InChI=1S/C20H24N4O7S/c1-14-8-10-22(11-9-14)32(30,31)17-6-7-18(19(12-17)24(28)29)21-13-20(25)15-2-4-16(5-3-15)23(26)27/h2-7,12,14,20-21,25H,8-11,13H2,1H3. The van der Waals surface area contributed by atoms with Gasteiger partial charge in [-0.15, -0.1) is 0 Å². The van der Waals surface area contributed by atoms with Crippen molar-refractivity contribution in [2.45, 2.75) is 30.8 Å². The maximum Gasteiger partial charge on any atom is 0.293 e. The number of hydrogen-bond acceptors (Lipinski definition) is 8. The summed E-state index contributed by atoms with van der Waals surface area (Å²) in [5, 5.41) is 35.4. The number of sulfonamides is 1. The van der Waals surface area contributed by atoms with Gasteiger partial charge < -0.3 is 10.4 Å². The lowest BCUT2D eigenvalue weighted by atomic mass is 10.0. The minimum Gasteiger partial charge on any atom is -0.387 e. The molecular formula is C20H24N4O7S. The van der Waals surface area contributed by atoms with Crippen molar-refractivity contribution < 1.29 is 23.4 Å². The normalized spacial score (nSPS) is 16.4. The number of nitro groups is 2. The van der Waals surface area contributed by atoms with Crippen LogP contribution in [0.2, 0.25) is 0 Å². The van der Waals surface area contributed by atoms with Crippen LogP contribution in [0.3, 0.4) is 0 Å². The summed E-state index contributed by atoms with van der Waals surface area (Å²) in [6.07, 6.45) is 0.386. The smallest absolute Gasteiger partial charge is 0.293 e. The molecule has 1 fully saturated rings. The molecule has 0 radical (unpaired) electrons. The molecular weight excluding hydrogens is 440 g/mol. The van der Waals surface area contributed by atoms with E-state index in [1.807, 2.05) is 0 Å². The molecule has 0 saturated carbocycles. The summed E-state index contributed by atoms with van der Waals surface area (Å²) in [5.41, 5.74) is -0.0942. The first-order valence-corrected chi connectivity index (χ1v) is 11.5. The highest BCUT2D eigenvalue weighted by molar-refractivity contribution is 7.89. The van der Waals surface area contributed by atoms with Crippen LogP contribution in [0.5, 0.6) is 0 Å². The van der Waals surface area contributed by atoms with Crippen LogP contribution in [-0.4, -0.2) is 47.3 Å². The predicted octanol–water partition coefficient (Wildman–Crippen LogP) is 3.07. The van der Waals surface area contributed by atoms with Gasteiger partial charge in [0.25, 0.3) is 11.4 Å². The van der Waals surface area contributed by atoms with E-state index in [1.165, 1.54) is 40.7 Å². The second-order valence-electron chi connectivity index (χ2n) is 7.77. The van der Waals surface area contributed by atoms with Crippen molar-refractivity contribution in [3.05, 3.63) is 68.3 Å². The fraction of sp³-hybridized carbons (Fsp3) is 0.400. The molecule has 0 amide bonds. The Bertz CT molecular complexity index is 1100. The highest BCUT2D eigenvalue weighted by Gasteiger charge is 2.30. The average Bonchev–Trinajstić information content (AvgIpc) is 2.77. The monoisotopic (exact) mass is 464 g/mol. The summed E-state index contributed by atoms with van der Waals surface area (Å²) in [7, 11) is -3.85. The lowest BCUT2D eigenvalue weighted by Crippen LogP contribution is -2.37. The van der Waals surface area contributed by atoms with Crippen LogP contribution in [0.15, 0.2) is 47.4 Å². The van der Waals surface area contributed by atoms with Crippen LogP contribution in [-0.2, 0) is 10.0 Å². The molecule has 2 aromatic carbocycles.